The number of carbonyl (C=O) groups is 4. The number of carbonyl (C=O) groups excluding carboxylic acids is 2. The van der Waals surface area contributed by atoms with Gasteiger partial charge in [0.1, 0.15) is 17.4 Å². The van der Waals surface area contributed by atoms with E-state index in [0.717, 1.165) is 77.2 Å². The first-order valence-electron chi connectivity index (χ1n) is 17.0. The summed E-state index contributed by atoms with van der Waals surface area (Å²) in [6.45, 7) is 4.78. The number of rotatable bonds is 15. The van der Waals surface area contributed by atoms with E-state index < -0.39 is 24.3 Å². The number of Topliss-reactive ketones (excluding diaryl/α,β-unsaturated/α-hetero) is 1. The molecule has 5 N–H and O–H groups in total. The Morgan fingerprint density at radius 3 is 2.04 bits per heavy atom. The average Bonchev–Trinajstić information content (AvgIpc) is 3.71. The first kappa shape index (κ1) is 45.8. The van der Waals surface area contributed by atoms with Gasteiger partial charge in [-0.1, -0.05) is 44.0 Å². The van der Waals surface area contributed by atoms with Crippen molar-refractivity contribution in [3.8, 4) is 17.0 Å². The number of hydrogen-bond donors (Lipinski definition) is 5. The number of hydrogen-bond acceptors (Lipinski definition) is 7. The van der Waals surface area contributed by atoms with Gasteiger partial charge >= 0.3 is 24.3 Å². The topological polar surface area (TPSA) is 178 Å². The molecule has 0 unspecified atom stereocenters. The minimum Gasteiger partial charge on any atom is -0.497 e. The molecule has 55 heavy (non-hydrogen) atoms. The zero-order chi connectivity index (χ0) is 41.5. The van der Waals surface area contributed by atoms with Crippen molar-refractivity contribution in [2.24, 2.45) is 0 Å². The van der Waals surface area contributed by atoms with Crippen LogP contribution in [0.2, 0.25) is 0 Å². The average molecular weight is 786 g/mol. The van der Waals surface area contributed by atoms with Crippen molar-refractivity contribution in [2.75, 3.05) is 21.2 Å². The smallest absolute Gasteiger partial charge is 0.490 e. The van der Waals surface area contributed by atoms with E-state index in [2.05, 4.69) is 63.5 Å². The van der Waals surface area contributed by atoms with Crippen LogP contribution >= 0.6 is 0 Å². The molecule has 2 heterocycles. The molecule has 0 aliphatic rings. The number of nitrogens with zero attached hydrogens (tertiary/aromatic N) is 2. The summed E-state index contributed by atoms with van der Waals surface area (Å²) in [5.41, 5.74) is 6.14. The number of carboxylic acids is 2. The molecule has 0 radical (unpaired) electrons. The van der Waals surface area contributed by atoms with Crippen LogP contribution in [0.5, 0.6) is 5.75 Å². The van der Waals surface area contributed by atoms with Crippen LogP contribution in [0.4, 0.5) is 26.3 Å². The van der Waals surface area contributed by atoms with Crippen LogP contribution in [0, 0.1) is 6.92 Å². The van der Waals surface area contributed by atoms with Gasteiger partial charge in [0, 0.05) is 36.0 Å². The second kappa shape index (κ2) is 20.9. The summed E-state index contributed by atoms with van der Waals surface area (Å²) in [5.74, 6) is -3.77. The standard InChI is InChI=1S/C33H43N5O3.2C2HF3O2/c1-6-25(39)10-8-7-9-11-30(33-34-20-31(37-33)24-14-12-23(13-15-24)21-38(3)4)36-32(40)19-27-22(2)35-29-17-16-26(41-5)18-28(27)29;2*3-2(4,5)1(6)7/h12-18,20,30,35H,6-11,19,21H2,1-5H3,(H,34,37)(H,36,40);2*(H,6,7)/t30-;;/m0../s1. The molecule has 302 valence electrons. The van der Waals surface area contributed by atoms with E-state index in [-0.39, 0.29) is 18.4 Å². The molecule has 0 aliphatic carbocycles. The Balaban J connectivity index is 0.000000633. The SMILES string of the molecule is CCC(=O)CCCCC[C@H](NC(=O)Cc1c(C)[nH]c2ccc(OC)cc12)c1ncc(-c2ccc(CN(C)C)cc2)[nH]1.O=C(O)C(F)(F)F.O=C(O)C(F)(F)F. The van der Waals surface area contributed by atoms with Gasteiger partial charge < -0.3 is 35.1 Å². The third kappa shape index (κ3) is 15.5. The molecule has 4 aromatic rings. The lowest BCUT2D eigenvalue weighted by atomic mass is 10.0. The summed E-state index contributed by atoms with van der Waals surface area (Å²) in [6, 6.07) is 14.1. The van der Waals surface area contributed by atoms with E-state index >= 15 is 0 Å². The molecular formula is C37H45F6N5O7. The summed E-state index contributed by atoms with van der Waals surface area (Å²) in [5, 5.41) is 18.5. The van der Waals surface area contributed by atoms with Gasteiger partial charge in [-0.15, -0.1) is 0 Å². The lowest BCUT2D eigenvalue weighted by molar-refractivity contribution is -0.193. The van der Waals surface area contributed by atoms with Gasteiger partial charge in [-0.2, -0.15) is 26.3 Å². The molecule has 0 spiro atoms. The fourth-order valence-electron chi connectivity index (χ4n) is 5.24. The van der Waals surface area contributed by atoms with Crippen LogP contribution < -0.4 is 10.1 Å². The van der Waals surface area contributed by atoms with Crippen molar-refractivity contribution in [3.05, 3.63) is 71.3 Å². The van der Waals surface area contributed by atoms with Gasteiger partial charge in [-0.3, -0.25) is 9.59 Å². The molecule has 0 saturated carbocycles. The highest BCUT2D eigenvalue weighted by atomic mass is 19.4. The number of ether oxygens (including phenoxy) is 1. The number of aromatic nitrogens is 3. The molecular weight excluding hydrogens is 740 g/mol. The maximum Gasteiger partial charge on any atom is 0.490 e. The minimum absolute atomic E-state index is 0.0611. The maximum absolute atomic E-state index is 13.4. The third-order valence-electron chi connectivity index (χ3n) is 8.02. The zero-order valence-electron chi connectivity index (χ0n) is 31.0. The minimum atomic E-state index is -5.08. The first-order chi connectivity index (χ1) is 25.7. The Hall–Kier alpha value is -5.39. The number of amides is 1. The molecule has 0 bridgehead atoms. The number of methoxy groups -OCH3 is 1. The normalized spacial score (nSPS) is 11.9. The fraction of sp³-hybridized carbons (Fsp3) is 0.432. The predicted molar refractivity (Wildman–Crippen MR) is 191 cm³/mol. The summed E-state index contributed by atoms with van der Waals surface area (Å²) in [4.78, 5) is 56.6. The number of halogens is 6. The lowest BCUT2D eigenvalue weighted by Crippen LogP contribution is -2.30. The number of ketones is 1. The molecule has 18 heteroatoms. The fourth-order valence-corrected chi connectivity index (χ4v) is 5.24. The Kier molecular flexibility index (Phi) is 17.4. The zero-order valence-corrected chi connectivity index (χ0v) is 31.0. The molecule has 1 amide bonds. The number of fused-ring (bicyclic) bond motifs is 1. The highest BCUT2D eigenvalue weighted by molar-refractivity contribution is 5.91. The number of unbranched alkanes of at least 4 members (excludes halogenated alkanes) is 2. The van der Waals surface area contributed by atoms with Crippen LogP contribution in [0.3, 0.4) is 0 Å². The highest BCUT2D eigenvalue weighted by Crippen LogP contribution is 2.28. The summed E-state index contributed by atoms with van der Waals surface area (Å²) < 4.78 is 68.9. The van der Waals surface area contributed by atoms with Gasteiger partial charge in [0.2, 0.25) is 5.91 Å². The number of aliphatic carboxylic acids is 2. The van der Waals surface area contributed by atoms with Crippen LogP contribution in [0.15, 0.2) is 48.7 Å². The molecule has 2 aromatic carbocycles. The predicted octanol–water partition coefficient (Wildman–Crippen LogP) is 7.53. The molecule has 1 atom stereocenters. The molecule has 0 aliphatic heterocycles. The number of imidazole rings is 1. The monoisotopic (exact) mass is 785 g/mol. The second-order valence-corrected chi connectivity index (χ2v) is 12.7. The largest absolute Gasteiger partial charge is 0.497 e. The molecule has 2 aromatic heterocycles. The number of nitrogens with one attached hydrogen (secondary N) is 3. The van der Waals surface area contributed by atoms with Gasteiger partial charge in [0.05, 0.1) is 31.5 Å². The van der Waals surface area contributed by atoms with Crippen molar-refractivity contribution in [1.82, 2.24) is 25.2 Å². The lowest BCUT2D eigenvalue weighted by Gasteiger charge is -2.17. The maximum atomic E-state index is 13.4. The van der Waals surface area contributed by atoms with Crippen molar-refractivity contribution < 1.29 is 60.5 Å². The van der Waals surface area contributed by atoms with E-state index in [9.17, 15) is 35.9 Å². The van der Waals surface area contributed by atoms with E-state index in [1.54, 1.807) is 7.11 Å². The van der Waals surface area contributed by atoms with E-state index in [4.69, 9.17) is 24.5 Å². The Morgan fingerprint density at radius 1 is 0.909 bits per heavy atom. The van der Waals surface area contributed by atoms with Gasteiger partial charge in [0.15, 0.2) is 0 Å². The summed E-state index contributed by atoms with van der Waals surface area (Å²) >= 11 is 0. The Morgan fingerprint density at radius 2 is 1.51 bits per heavy atom. The summed E-state index contributed by atoms with van der Waals surface area (Å²) in [7, 11) is 5.76. The number of aryl methyl sites for hydroxylation is 1. The highest BCUT2D eigenvalue weighted by Gasteiger charge is 2.39. The third-order valence-corrected chi connectivity index (χ3v) is 8.02. The van der Waals surface area contributed by atoms with Crippen LogP contribution in [0.25, 0.3) is 22.2 Å². The number of carboxylic acid groups (broad SMARTS) is 2. The summed E-state index contributed by atoms with van der Waals surface area (Å²) in [6.07, 6.45) is -3.45. The quantitative estimate of drug-likeness (QED) is 0.0602. The van der Waals surface area contributed by atoms with Crippen LogP contribution in [-0.2, 0) is 32.1 Å². The van der Waals surface area contributed by atoms with E-state index in [1.807, 2.05) is 38.2 Å². The van der Waals surface area contributed by atoms with Crippen molar-refractivity contribution in [3.63, 3.8) is 0 Å². The van der Waals surface area contributed by atoms with Crippen LogP contribution in [0.1, 0.15) is 74.1 Å². The number of benzene rings is 2. The Bertz CT molecular complexity index is 1840. The number of alkyl halides is 6. The molecule has 0 fully saturated rings. The van der Waals surface area contributed by atoms with Crippen molar-refractivity contribution >= 4 is 34.5 Å². The molecule has 4 rings (SSSR count). The van der Waals surface area contributed by atoms with Crippen molar-refractivity contribution in [2.45, 2.75) is 83.7 Å². The molecule has 12 nitrogen and oxygen atoms in total. The number of H-pyrrole nitrogens is 2. The first-order valence-corrected chi connectivity index (χ1v) is 17.0. The van der Waals surface area contributed by atoms with Gasteiger partial charge in [-0.05, 0) is 68.8 Å². The second-order valence-electron chi connectivity index (χ2n) is 12.7. The Labute approximate surface area is 313 Å². The van der Waals surface area contributed by atoms with Gasteiger partial charge in [-0.25, -0.2) is 14.6 Å². The molecule has 0 saturated heterocycles. The van der Waals surface area contributed by atoms with E-state index in [0.29, 0.717) is 18.6 Å². The number of aromatic amines is 2. The van der Waals surface area contributed by atoms with Crippen molar-refractivity contribution in [1.29, 1.82) is 0 Å². The van der Waals surface area contributed by atoms with E-state index in [1.165, 1.54) is 5.56 Å². The van der Waals surface area contributed by atoms with Gasteiger partial charge in [0.25, 0.3) is 0 Å². The van der Waals surface area contributed by atoms with Crippen LogP contribution in [-0.4, -0.2) is 87.3 Å².